The van der Waals surface area contributed by atoms with E-state index in [1.54, 1.807) is 50.6 Å². The summed E-state index contributed by atoms with van der Waals surface area (Å²) in [6.45, 7) is 0.847. The van der Waals surface area contributed by atoms with Crippen molar-refractivity contribution in [2.75, 3.05) is 38.4 Å². The minimum Gasteiger partial charge on any atom is -0.497 e. The number of methoxy groups -OCH3 is 2. The number of carbonyl (C=O) groups excluding carboxylic acids is 2. The van der Waals surface area contributed by atoms with Crippen LogP contribution in [0.3, 0.4) is 0 Å². The number of ether oxygens (including phenoxy) is 2. The lowest BCUT2D eigenvalue weighted by Gasteiger charge is -2.17. The Morgan fingerprint density at radius 1 is 0.875 bits per heavy atom. The van der Waals surface area contributed by atoms with Crippen molar-refractivity contribution in [2.45, 2.75) is 6.54 Å². The number of likely N-dealkylation sites (N-methyl/N-ethyl adjacent to an activating group) is 1. The van der Waals surface area contributed by atoms with Crippen LogP contribution in [0.4, 0.5) is 11.4 Å². The van der Waals surface area contributed by atoms with E-state index in [9.17, 15) is 9.59 Å². The molecule has 0 saturated heterocycles. The maximum Gasteiger partial charge on any atom is 0.255 e. The Balaban J connectivity index is 1.53. The number of amides is 2. The first-order valence-corrected chi connectivity index (χ1v) is 10.1. The molecule has 0 aliphatic rings. The molecule has 0 unspecified atom stereocenters. The largest absolute Gasteiger partial charge is 0.497 e. The van der Waals surface area contributed by atoms with E-state index in [0.29, 0.717) is 29.2 Å². The number of para-hydroxylation sites is 2. The lowest BCUT2D eigenvalue weighted by molar-refractivity contribution is -0.117. The molecule has 0 heterocycles. The summed E-state index contributed by atoms with van der Waals surface area (Å²) < 4.78 is 10.5. The lowest BCUT2D eigenvalue weighted by Crippen LogP contribution is -2.29. The number of anilines is 2. The Kier molecular flexibility index (Phi) is 7.83. The molecule has 0 radical (unpaired) electrons. The molecule has 0 aliphatic carbocycles. The molecule has 166 valence electrons. The second-order valence-corrected chi connectivity index (χ2v) is 7.30. The van der Waals surface area contributed by atoms with Gasteiger partial charge in [-0.15, -0.1) is 0 Å². The minimum atomic E-state index is -0.259. The standard InChI is InChI=1S/C25H27N3O4/c1-28(16-18-7-6-8-21(15-18)31-2)17-24(29)26-20-13-11-19(12-14-20)25(30)27-22-9-4-5-10-23(22)32-3/h4-15H,16-17H2,1-3H3,(H,26,29)(H,27,30). The van der Waals surface area contributed by atoms with Gasteiger partial charge in [0.05, 0.1) is 26.5 Å². The van der Waals surface area contributed by atoms with Crippen LogP contribution in [0.5, 0.6) is 11.5 Å². The normalized spacial score (nSPS) is 10.5. The molecule has 2 amide bonds. The number of carbonyl (C=O) groups is 2. The van der Waals surface area contributed by atoms with E-state index in [1.165, 1.54) is 0 Å². The molecule has 3 aromatic carbocycles. The number of benzene rings is 3. The van der Waals surface area contributed by atoms with Gasteiger partial charge in [-0.2, -0.15) is 0 Å². The highest BCUT2D eigenvalue weighted by atomic mass is 16.5. The third-order valence-corrected chi connectivity index (χ3v) is 4.79. The van der Waals surface area contributed by atoms with E-state index >= 15 is 0 Å². The van der Waals surface area contributed by atoms with Crippen molar-refractivity contribution in [3.8, 4) is 11.5 Å². The molecule has 0 aliphatic heterocycles. The lowest BCUT2D eigenvalue weighted by atomic mass is 10.2. The van der Waals surface area contributed by atoms with Gasteiger partial charge in [-0.05, 0) is 61.1 Å². The molecular formula is C25H27N3O4. The number of hydrogen-bond donors (Lipinski definition) is 2. The maximum absolute atomic E-state index is 12.5. The highest BCUT2D eigenvalue weighted by Crippen LogP contribution is 2.24. The van der Waals surface area contributed by atoms with Crippen LogP contribution in [-0.2, 0) is 11.3 Å². The summed E-state index contributed by atoms with van der Waals surface area (Å²) in [4.78, 5) is 26.8. The first-order valence-electron chi connectivity index (χ1n) is 10.1. The van der Waals surface area contributed by atoms with E-state index in [4.69, 9.17) is 9.47 Å². The van der Waals surface area contributed by atoms with Gasteiger partial charge in [0.1, 0.15) is 11.5 Å². The molecule has 32 heavy (non-hydrogen) atoms. The average Bonchev–Trinajstić information content (AvgIpc) is 2.79. The fraction of sp³-hybridized carbons (Fsp3) is 0.200. The summed E-state index contributed by atoms with van der Waals surface area (Å²) in [6.07, 6.45) is 0. The summed E-state index contributed by atoms with van der Waals surface area (Å²) in [5.74, 6) is 0.977. The van der Waals surface area contributed by atoms with Crippen molar-refractivity contribution in [1.82, 2.24) is 4.90 Å². The molecular weight excluding hydrogens is 406 g/mol. The molecule has 0 atom stereocenters. The maximum atomic E-state index is 12.5. The molecule has 3 rings (SSSR count). The van der Waals surface area contributed by atoms with Crippen molar-refractivity contribution in [3.63, 3.8) is 0 Å². The summed E-state index contributed by atoms with van der Waals surface area (Å²) in [5, 5.41) is 5.69. The molecule has 0 fully saturated rings. The van der Waals surface area contributed by atoms with E-state index in [0.717, 1.165) is 11.3 Å². The van der Waals surface area contributed by atoms with Crippen LogP contribution in [-0.4, -0.2) is 44.5 Å². The van der Waals surface area contributed by atoms with Crippen molar-refractivity contribution in [2.24, 2.45) is 0 Å². The summed E-state index contributed by atoms with van der Waals surface area (Å²) in [7, 11) is 5.06. The molecule has 0 bridgehead atoms. The molecule has 0 spiro atoms. The Bertz CT molecular complexity index is 1070. The Morgan fingerprint density at radius 2 is 1.62 bits per heavy atom. The molecule has 7 nitrogen and oxygen atoms in total. The van der Waals surface area contributed by atoms with Crippen LogP contribution in [0.25, 0.3) is 0 Å². The van der Waals surface area contributed by atoms with Crippen LogP contribution < -0.4 is 20.1 Å². The Morgan fingerprint density at radius 3 is 2.34 bits per heavy atom. The van der Waals surface area contributed by atoms with Crippen LogP contribution >= 0.6 is 0 Å². The van der Waals surface area contributed by atoms with E-state index in [-0.39, 0.29) is 18.4 Å². The number of hydrogen-bond acceptors (Lipinski definition) is 5. The second-order valence-electron chi connectivity index (χ2n) is 7.30. The summed E-state index contributed by atoms with van der Waals surface area (Å²) in [6, 6.07) is 21.7. The predicted molar refractivity (Wildman–Crippen MR) is 125 cm³/mol. The van der Waals surface area contributed by atoms with E-state index in [2.05, 4.69) is 10.6 Å². The summed E-state index contributed by atoms with van der Waals surface area (Å²) in [5.41, 5.74) is 2.75. The van der Waals surface area contributed by atoms with Gasteiger partial charge < -0.3 is 20.1 Å². The first kappa shape index (κ1) is 22.8. The van der Waals surface area contributed by atoms with Crippen molar-refractivity contribution in [1.29, 1.82) is 0 Å². The van der Waals surface area contributed by atoms with Gasteiger partial charge in [-0.3, -0.25) is 14.5 Å². The fourth-order valence-corrected chi connectivity index (χ4v) is 3.23. The monoisotopic (exact) mass is 433 g/mol. The second kappa shape index (κ2) is 11.0. The minimum absolute atomic E-state index is 0.137. The summed E-state index contributed by atoms with van der Waals surface area (Å²) >= 11 is 0. The zero-order valence-electron chi connectivity index (χ0n) is 18.4. The van der Waals surface area contributed by atoms with Gasteiger partial charge >= 0.3 is 0 Å². The molecule has 0 saturated carbocycles. The fourth-order valence-electron chi connectivity index (χ4n) is 3.23. The molecule has 2 N–H and O–H groups in total. The smallest absolute Gasteiger partial charge is 0.255 e. The van der Waals surface area contributed by atoms with Gasteiger partial charge in [0.15, 0.2) is 0 Å². The highest BCUT2D eigenvalue weighted by Gasteiger charge is 2.11. The quantitative estimate of drug-likeness (QED) is 0.533. The van der Waals surface area contributed by atoms with Crippen LogP contribution in [0.15, 0.2) is 72.8 Å². The highest BCUT2D eigenvalue weighted by molar-refractivity contribution is 6.05. The van der Waals surface area contributed by atoms with Crippen molar-refractivity contribution < 1.29 is 19.1 Å². The zero-order valence-corrected chi connectivity index (χ0v) is 18.4. The van der Waals surface area contributed by atoms with Crippen LogP contribution in [0, 0.1) is 0 Å². The zero-order chi connectivity index (χ0) is 22.9. The number of nitrogens with zero attached hydrogens (tertiary/aromatic N) is 1. The third kappa shape index (κ3) is 6.33. The van der Waals surface area contributed by atoms with Crippen molar-refractivity contribution >= 4 is 23.2 Å². The SMILES string of the molecule is COc1cccc(CN(C)CC(=O)Nc2ccc(C(=O)Nc3ccccc3OC)cc2)c1. The Hall–Kier alpha value is -3.84. The molecule has 0 aromatic heterocycles. The van der Waals surface area contributed by atoms with Gasteiger partial charge in [0.2, 0.25) is 5.91 Å². The van der Waals surface area contributed by atoms with E-state index < -0.39 is 0 Å². The van der Waals surface area contributed by atoms with Gasteiger partial charge in [0, 0.05) is 17.8 Å². The number of rotatable bonds is 9. The number of nitrogens with one attached hydrogen (secondary N) is 2. The van der Waals surface area contributed by atoms with Gasteiger partial charge in [0.25, 0.3) is 5.91 Å². The Labute approximate surface area is 188 Å². The van der Waals surface area contributed by atoms with Gasteiger partial charge in [-0.1, -0.05) is 24.3 Å². The topological polar surface area (TPSA) is 79.9 Å². The predicted octanol–water partition coefficient (Wildman–Crippen LogP) is 4.03. The first-order chi connectivity index (χ1) is 15.5. The molecule has 3 aromatic rings. The van der Waals surface area contributed by atoms with Gasteiger partial charge in [-0.25, -0.2) is 0 Å². The van der Waals surface area contributed by atoms with Crippen molar-refractivity contribution in [3.05, 3.63) is 83.9 Å². The van der Waals surface area contributed by atoms with Crippen LogP contribution in [0.1, 0.15) is 15.9 Å². The van der Waals surface area contributed by atoms with E-state index in [1.807, 2.05) is 48.3 Å². The third-order valence-electron chi connectivity index (χ3n) is 4.79. The van der Waals surface area contributed by atoms with Crippen LogP contribution in [0.2, 0.25) is 0 Å². The average molecular weight is 434 g/mol. The molecule has 7 heteroatoms.